The van der Waals surface area contributed by atoms with Crippen LogP contribution in [0.3, 0.4) is 0 Å². The average molecular weight is 333 g/mol. The molecule has 0 bridgehead atoms. The van der Waals surface area contributed by atoms with E-state index in [2.05, 4.69) is 34.7 Å². The van der Waals surface area contributed by atoms with Crippen molar-refractivity contribution in [3.8, 4) is 10.7 Å². The molecule has 0 saturated heterocycles. The van der Waals surface area contributed by atoms with Crippen molar-refractivity contribution in [3.05, 3.63) is 53.2 Å². The van der Waals surface area contributed by atoms with Gasteiger partial charge in [0.15, 0.2) is 11.0 Å². The van der Waals surface area contributed by atoms with Crippen molar-refractivity contribution in [1.29, 1.82) is 0 Å². The molecule has 2 aromatic heterocycles. The van der Waals surface area contributed by atoms with Crippen molar-refractivity contribution < 1.29 is 4.39 Å². The summed E-state index contributed by atoms with van der Waals surface area (Å²) in [5.74, 6) is 0.698. The maximum atomic E-state index is 13.0. The lowest BCUT2D eigenvalue weighted by Crippen LogP contribution is -2.00. The molecule has 0 radical (unpaired) electrons. The highest BCUT2D eigenvalue weighted by Crippen LogP contribution is 2.35. The van der Waals surface area contributed by atoms with E-state index in [9.17, 15) is 4.39 Å². The zero-order valence-corrected chi connectivity index (χ0v) is 14.0. The Morgan fingerprint density at radius 2 is 2.00 bits per heavy atom. The number of hydrogen-bond acceptors (Lipinski definition) is 4. The van der Waals surface area contributed by atoms with Gasteiger partial charge in [-0.05, 0) is 43.0 Å². The molecule has 0 saturated carbocycles. The molecule has 0 amide bonds. The van der Waals surface area contributed by atoms with E-state index in [0.29, 0.717) is 0 Å². The van der Waals surface area contributed by atoms with Gasteiger partial charge in [0.2, 0.25) is 0 Å². The van der Waals surface area contributed by atoms with Crippen LogP contribution in [0.5, 0.6) is 0 Å². The molecule has 0 spiro atoms. The van der Waals surface area contributed by atoms with E-state index in [4.69, 9.17) is 0 Å². The number of halogens is 1. The summed E-state index contributed by atoms with van der Waals surface area (Å²) in [5.41, 5.74) is 1.08. The number of rotatable bonds is 5. The Labute approximate surface area is 137 Å². The standard InChI is InChI=1S/C16H16FN3S2/c1-3-20-15(14-5-4-10-21-14)18-19-16(20)22-11(2)12-6-8-13(17)9-7-12/h4-11H,3H2,1-2H3. The maximum absolute atomic E-state index is 13.0. The van der Waals surface area contributed by atoms with E-state index in [1.54, 1.807) is 23.1 Å². The first-order chi connectivity index (χ1) is 10.7. The molecule has 3 nitrogen and oxygen atoms in total. The Morgan fingerprint density at radius 3 is 2.64 bits per heavy atom. The zero-order chi connectivity index (χ0) is 15.5. The third-order valence-corrected chi connectivity index (χ3v) is 5.40. The second kappa shape index (κ2) is 6.62. The Morgan fingerprint density at radius 1 is 1.23 bits per heavy atom. The molecule has 1 aromatic carbocycles. The van der Waals surface area contributed by atoms with E-state index < -0.39 is 0 Å². The minimum Gasteiger partial charge on any atom is -0.302 e. The van der Waals surface area contributed by atoms with E-state index in [0.717, 1.165) is 28.0 Å². The quantitative estimate of drug-likeness (QED) is 0.614. The van der Waals surface area contributed by atoms with Crippen LogP contribution in [0.2, 0.25) is 0 Å². The molecular weight excluding hydrogens is 317 g/mol. The third kappa shape index (κ3) is 3.08. The molecule has 0 aliphatic heterocycles. The highest BCUT2D eigenvalue weighted by Gasteiger charge is 2.17. The highest BCUT2D eigenvalue weighted by molar-refractivity contribution is 7.99. The van der Waals surface area contributed by atoms with Gasteiger partial charge in [0.05, 0.1) is 4.88 Å². The van der Waals surface area contributed by atoms with E-state index in [-0.39, 0.29) is 11.1 Å². The molecule has 2 heterocycles. The smallest absolute Gasteiger partial charge is 0.192 e. The predicted octanol–water partition coefficient (Wildman–Crippen LogP) is 5.02. The monoisotopic (exact) mass is 333 g/mol. The van der Waals surface area contributed by atoms with Gasteiger partial charge in [-0.1, -0.05) is 30.0 Å². The van der Waals surface area contributed by atoms with Crippen LogP contribution in [-0.4, -0.2) is 14.8 Å². The number of thioether (sulfide) groups is 1. The van der Waals surface area contributed by atoms with E-state index in [1.807, 2.05) is 23.6 Å². The Bertz CT molecular complexity index is 735. The lowest BCUT2D eigenvalue weighted by atomic mass is 10.2. The summed E-state index contributed by atoms with van der Waals surface area (Å²) in [5, 5.41) is 11.8. The van der Waals surface area contributed by atoms with Crippen LogP contribution in [0.1, 0.15) is 24.7 Å². The lowest BCUT2D eigenvalue weighted by Gasteiger charge is -2.12. The molecule has 0 aliphatic rings. The van der Waals surface area contributed by atoms with Crippen LogP contribution in [0.4, 0.5) is 4.39 Å². The number of benzene rings is 1. The van der Waals surface area contributed by atoms with Crippen LogP contribution in [0, 0.1) is 5.82 Å². The summed E-state index contributed by atoms with van der Waals surface area (Å²) < 4.78 is 15.1. The van der Waals surface area contributed by atoms with Gasteiger partial charge in [-0.15, -0.1) is 21.5 Å². The zero-order valence-electron chi connectivity index (χ0n) is 12.4. The molecule has 3 rings (SSSR count). The first kappa shape index (κ1) is 15.2. The Kier molecular flexibility index (Phi) is 4.59. The molecule has 1 atom stereocenters. The maximum Gasteiger partial charge on any atom is 0.192 e. The van der Waals surface area contributed by atoms with Crippen LogP contribution in [-0.2, 0) is 6.54 Å². The molecule has 0 fully saturated rings. The first-order valence-electron chi connectivity index (χ1n) is 7.08. The molecule has 0 aliphatic carbocycles. The fourth-order valence-electron chi connectivity index (χ4n) is 2.21. The molecular formula is C16H16FN3S2. The predicted molar refractivity (Wildman–Crippen MR) is 89.7 cm³/mol. The van der Waals surface area contributed by atoms with Crippen LogP contribution >= 0.6 is 23.1 Å². The van der Waals surface area contributed by atoms with Crippen LogP contribution < -0.4 is 0 Å². The highest BCUT2D eigenvalue weighted by atomic mass is 32.2. The van der Waals surface area contributed by atoms with Crippen molar-refractivity contribution >= 4 is 23.1 Å². The Balaban J connectivity index is 1.85. The van der Waals surface area contributed by atoms with Crippen molar-refractivity contribution in [2.45, 2.75) is 30.8 Å². The molecule has 1 unspecified atom stereocenters. The van der Waals surface area contributed by atoms with Gasteiger partial charge in [-0.2, -0.15) is 0 Å². The molecule has 6 heteroatoms. The summed E-state index contributed by atoms with van der Waals surface area (Å²) in [6.07, 6.45) is 0. The summed E-state index contributed by atoms with van der Waals surface area (Å²) >= 11 is 3.30. The molecule has 22 heavy (non-hydrogen) atoms. The van der Waals surface area contributed by atoms with Gasteiger partial charge in [0.1, 0.15) is 5.82 Å². The van der Waals surface area contributed by atoms with Crippen LogP contribution in [0.15, 0.2) is 46.9 Å². The first-order valence-corrected chi connectivity index (χ1v) is 8.84. The minimum atomic E-state index is -0.211. The molecule has 0 N–H and O–H groups in total. The normalized spacial score (nSPS) is 12.5. The van der Waals surface area contributed by atoms with Crippen molar-refractivity contribution in [2.75, 3.05) is 0 Å². The lowest BCUT2D eigenvalue weighted by molar-refractivity contribution is 0.627. The number of hydrogen-bond donors (Lipinski definition) is 0. The summed E-state index contributed by atoms with van der Waals surface area (Å²) in [6.45, 7) is 5.00. The molecule has 114 valence electrons. The fourth-order valence-corrected chi connectivity index (χ4v) is 3.97. The number of aromatic nitrogens is 3. The molecule has 3 aromatic rings. The summed E-state index contributed by atoms with van der Waals surface area (Å²) in [6, 6.07) is 10.7. The van der Waals surface area contributed by atoms with Crippen molar-refractivity contribution in [2.24, 2.45) is 0 Å². The number of thiophene rings is 1. The van der Waals surface area contributed by atoms with E-state index in [1.165, 1.54) is 12.1 Å². The van der Waals surface area contributed by atoms with Gasteiger partial charge >= 0.3 is 0 Å². The summed E-state index contributed by atoms with van der Waals surface area (Å²) in [7, 11) is 0. The van der Waals surface area contributed by atoms with Gasteiger partial charge in [0, 0.05) is 11.8 Å². The SMILES string of the molecule is CCn1c(SC(C)c2ccc(F)cc2)nnc1-c1cccs1. The second-order valence-corrected chi connectivity index (χ2v) is 7.10. The minimum absolute atomic E-state index is 0.186. The van der Waals surface area contributed by atoms with Gasteiger partial charge in [0.25, 0.3) is 0 Å². The van der Waals surface area contributed by atoms with Gasteiger partial charge in [-0.3, -0.25) is 0 Å². The Hall–Kier alpha value is -1.66. The second-order valence-electron chi connectivity index (χ2n) is 4.84. The van der Waals surface area contributed by atoms with Gasteiger partial charge < -0.3 is 4.57 Å². The van der Waals surface area contributed by atoms with Crippen LogP contribution in [0.25, 0.3) is 10.7 Å². The third-order valence-electron chi connectivity index (χ3n) is 3.40. The fraction of sp³-hybridized carbons (Fsp3) is 0.250. The number of nitrogens with zero attached hydrogens (tertiary/aromatic N) is 3. The largest absolute Gasteiger partial charge is 0.302 e. The van der Waals surface area contributed by atoms with Crippen molar-refractivity contribution in [3.63, 3.8) is 0 Å². The van der Waals surface area contributed by atoms with Crippen molar-refractivity contribution in [1.82, 2.24) is 14.8 Å². The topological polar surface area (TPSA) is 30.7 Å². The summed E-state index contributed by atoms with van der Waals surface area (Å²) in [4.78, 5) is 1.12. The average Bonchev–Trinajstić information content (AvgIpc) is 3.16. The van der Waals surface area contributed by atoms with E-state index >= 15 is 0 Å². The van der Waals surface area contributed by atoms with Gasteiger partial charge in [-0.25, -0.2) is 4.39 Å².